The molecule has 19 heavy (non-hydrogen) atoms. The fourth-order valence-electron chi connectivity index (χ4n) is 1.61. The minimum absolute atomic E-state index is 0.0379. The fourth-order valence-corrected chi connectivity index (χ4v) is 2.09. The Morgan fingerprint density at radius 1 is 1.58 bits per heavy atom. The molecule has 100 valence electrons. The minimum Gasteiger partial charge on any atom is -0.369 e. The maximum Gasteiger partial charge on any atom is 0.288 e. The number of rotatable bonds is 5. The average molecular weight is 326 g/mol. The summed E-state index contributed by atoms with van der Waals surface area (Å²) >= 11 is 3.26. The van der Waals surface area contributed by atoms with Gasteiger partial charge in [-0.1, -0.05) is 0 Å². The number of halogens is 1. The van der Waals surface area contributed by atoms with Gasteiger partial charge in [-0.2, -0.15) is 5.10 Å². The van der Waals surface area contributed by atoms with Crippen molar-refractivity contribution in [3.8, 4) is 0 Å². The van der Waals surface area contributed by atoms with Gasteiger partial charge in [0.15, 0.2) is 0 Å². The molecule has 0 radical (unpaired) electrons. The normalized spacial score (nSPS) is 10.4. The Morgan fingerprint density at radius 3 is 2.95 bits per heavy atom. The van der Waals surface area contributed by atoms with E-state index in [-0.39, 0.29) is 5.69 Å². The Bertz CT molecular complexity index is 599. The Labute approximate surface area is 117 Å². The van der Waals surface area contributed by atoms with Crippen LogP contribution < -0.4 is 5.32 Å². The Hall–Kier alpha value is -1.96. The maximum atomic E-state index is 10.6. The molecule has 0 unspecified atom stereocenters. The van der Waals surface area contributed by atoms with E-state index < -0.39 is 4.92 Å². The predicted molar refractivity (Wildman–Crippen MR) is 74.0 cm³/mol. The van der Waals surface area contributed by atoms with Crippen molar-refractivity contribution in [3.63, 3.8) is 0 Å². The summed E-state index contributed by atoms with van der Waals surface area (Å²) in [5, 5.41) is 17.8. The van der Waals surface area contributed by atoms with E-state index in [2.05, 4.69) is 31.3 Å². The van der Waals surface area contributed by atoms with Crippen LogP contribution >= 0.6 is 15.9 Å². The molecule has 0 aliphatic rings. The van der Waals surface area contributed by atoms with Crippen molar-refractivity contribution in [2.75, 3.05) is 11.9 Å². The van der Waals surface area contributed by atoms with Gasteiger partial charge in [0.2, 0.25) is 0 Å². The molecule has 0 fully saturated rings. The lowest BCUT2D eigenvalue weighted by molar-refractivity contribution is -0.385. The second kappa shape index (κ2) is 5.79. The number of anilines is 1. The zero-order valence-electron chi connectivity index (χ0n) is 10.2. The van der Waals surface area contributed by atoms with Crippen molar-refractivity contribution in [1.82, 2.24) is 14.8 Å². The Kier molecular flexibility index (Phi) is 4.10. The lowest BCUT2D eigenvalue weighted by Crippen LogP contribution is -2.09. The van der Waals surface area contributed by atoms with Gasteiger partial charge in [-0.05, 0) is 22.0 Å². The van der Waals surface area contributed by atoms with Crippen LogP contribution in [0.3, 0.4) is 0 Å². The third kappa shape index (κ3) is 3.28. The Balaban J connectivity index is 1.96. The van der Waals surface area contributed by atoms with E-state index in [0.29, 0.717) is 16.8 Å². The SMILES string of the molecule is Cn1nccc1CCNc1ncc([N+](=O)[O-])cc1Br. The van der Waals surface area contributed by atoms with Crippen LogP contribution in [0.5, 0.6) is 0 Å². The molecule has 2 aromatic rings. The number of hydrogen-bond donors (Lipinski definition) is 1. The second-order valence-electron chi connectivity index (χ2n) is 3.90. The molecule has 0 atom stereocenters. The van der Waals surface area contributed by atoms with Gasteiger partial charge in [-0.3, -0.25) is 14.8 Å². The standard InChI is InChI=1S/C11H12BrN5O2/c1-16-8(3-5-15-16)2-4-13-11-10(12)6-9(7-14-11)17(18)19/h3,5-7H,2,4H2,1H3,(H,13,14). The first-order valence-corrected chi connectivity index (χ1v) is 6.38. The van der Waals surface area contributed by atoms with Crippen LogP contribution in [0.2, 0.25) is 0 Å². The van der Waals surface area contributed by atoms with Gasteiger partial charge in [0.25, 0.3) is 5.69 Å². The van der Waals surface area contributed by atoms with Gasteiger partial charge in [-0.25, -0.2) is 4.98 Å². The van der Waals surface area contributed by atoms with Crippen molar-refractivity contribution in [2.24, 2.45) is 7.05 Å². The molecular formula is C11H12BrN5O2. The number of aryl methyl sites for hydroxylation is 1. The minimum atomic E-state index is -0.475. The van der Waals surface area contributed by atoms with Crippen LogP contribution in [0.1, 0.15) is 5.69 Å². The molecule has 0 aliphatic heterocycles. The molecule has 2 rings (SSSR count). The molecule has 2 heterocycles. The number of hydrogen-bond acceptors (Lipinski definition) is 5. The van der Waals surface area contributed by atoms with Crippen LogP contribution in [-0.2, 0) is 13.5 Å². The first-order valence-electron chi connectivity index (χ1n) is 5.58. The largest absolute Gasteiger partial charge is 0.369 e. The summed E-state index contributed by atoms with van der Waals surface area (Å²) < 4.78 is 2.38. The van der Waals surface area contributed by atoms with E-state index in [1.807, 2.05) is 13.1 Å². The van der Waals surface area contributed by atoms with Crippen LogP contribution in [-0.4, -0.2) is 26.2 Å². The molecular weight excluding hydrogens is 314 g/mol. The molecule has 0 saturated carbocycles. The smallest absolute Gasteiger partial charge is 0.288 e. The van der Waals surface area contributed by atoms with E-state index in [1.54, 1.807) is 10.9 Å². The highest BCUT2D eigenvalue weighted by Crippen LogP contribution is 2.24. The molecule has 0 spiro atoms. The van der Waals surface area contributed by atoms with Gasteiger partial charge in [-0.15, -0.1) is 0 Å². The molecule has 0 bridgehead atoms. The van der Waals surface area contributed by atoms with Crippen LogP contribution in [0.25, 0.3) is 0 Å². The topological polar surface area (TPSA) is 85.9 Å². The van der Waals surface area contributed by atoms with E-state index >= 15 is 0 Å². The van der Waals surface area contributed by atoms with Crippen molar-refractivity contribution >= 4 is 27.4 Å². The first-order chi connectivity index (χ1) is 9.08. The summed E-state index contributed by atoms with van der Waals surface area (Å²) in [4.78, 5) is 14.1. The summed E-state index contributed by atoms with van der Waals surface area (Å²) in [5.74, 6) is 0.591. The maximum absolute atomic E-state index is 10.6. The number of pyridine rings is 1. The van der Waals surface area contributed by atoms with Gasteiger partial charge in [0, 0.05) is 38.0 Å². The molecule has 0 aromatic carbocycles. The van der Waals surface area contributed by atoms with Gasteiger partial charge >= 0.3 is 0 Å². The molecule has 0 saturated heterocycles. The zero-order valence-corrected chi connectivity index (χ0v) is 11.8. The quantitative estimate of drug-likeness (QED) is 0.672. The number of aromatic nitrogens is 3. The second-order valence-corrected chi connectivity index (χ2v) is 4.76. The molecule has 0 aliphatic carbocycles. The van der Waals surface area contributed by atoms with E-state index in [0.717, 1.165) is 12.1 Å². The molecule has 0 amide bonds. The highest BCUT2D eigenvalue weighted by atomic mass is 79.9. The highest BCUT2D eigenvalue weighted by Gasteiger charge is 2.10. The average Bonchev–Trinajstić information content (AvgIpc) is 2.77. The molecule has 1 N–H and O–H groups in total. The molecule has 8 heteroatoms. The Morgan fingerprint density at radius 2 is 2.37 bits per heavy atom. The summed E-state index contributed by atoms with van der Waals surface area (Å²) in [6.07, 6.45) is 3.77. The lowest BCUT2D eigenvalue weighted by Gasteiger charge is -2.07. The first kappa shape index (κ1) is 13.5. The van der Waals surface area contributed by atoms with Crippen LogP contribution in [0, 0.1) is 10.1 Å². The molecule has 7 nitrogen and oxygen atoms in total. The van der Waals surface area contributed by atoms with E-state index in [1.165, 1.54) is 12.3 Å². The fraction of sp³-hybridized carbons (Fsp3) is 0.273. The van der Waals surface area contributed by atoms with Crippen LogP contribution in [0.15, 0.2) is 29.0 Å². The van der Waals surface area contributed by atoms with E-state index in [4.69, 9.17) is 0 Å². The summed E-state index contributed by atoms with van der Waals surface area (Å²) in [7, 11) is 1.88. The number of nitrogens with one attached hydrogen (secondary N) is 1. The van der Waals surface area contributed by atoms with Crippen molar-refractivity contribution < 1.29 is 4.92 Å². The van der Waals surface area contributed by atoms with E-state index in [9.17, 15) is 10.1 Å². The highest BCUT2D eigenvalue weighted by molar-refractivity contribution is 9.10. The van der Waals surface area contributed by atoms with Gasteiger partial charge in [0.05, 0.1) is 9.40 Å². The summed E-state index contributed by atoms with van der Waals surface area (Å²) in [6, 6.07) is 3.37. The van der Waals surface area contributed by atoms with Gasteiger partial charge in [0.1, 0.15) is 12.0 Å². The monoisotopic (exact) mass is 325 g/mol. The van der Waals surface area contributed by atoms with Crippen molar-refractivity contribution in [2.45, 2.75) is 6.42 Å². The number of nitro groups is 1. The number of nitrogens with zero attached hydrogens (tertiary/aromatic N) is 4. The van der Waals surface area contributed by atoms with Gasteiger partial charge < -0.3 is 5.32 Å². The molecule has 2 aromatic heterocycles. The predicted octanol–water partition coefficient (Wildman–Crippen LogP) is 2.14. The third-order valence-electron chi connectivity index (χ3n) is 2.63. The summed E-state index contributed by atoms with van der Waals surface area (Å²) in [6.45, 7) is 0.670. The lowest BCUT2D eigenvalue weighted by atomic mass is 10.3. The third-order valence-corrected chi connectivity index (χ3v) is 3.24. The van der Waals surface area contributed by atoms with Crippen molar-refractivity contribution in [1.29, 1.82) is 0 Å². The zero-order chi connectivity index (χ0) is 13.8. The van der Waals surface area contributed by atoms with Crippen molar-refractivity contribution in [3.05, 3.63) is 44.8 Å². The van der Waals surface area contributed by atoms with Crippen LogP contribution in [0.4, 0.5) is 11.5 Å². The summed E-state index contributed by atoms with van der Waals surface area (Å²) in [5.41, 5.74) is 1.06.